The van der Waals surface area contributed by atoms with Gasteiger partial charge in [0.2, 0.25) is 5.91 Å². The van der Waals surface area contributed by atoms with Crippen molar-refractivity contribution in [1.82, 2.24) is 5.32 Å². The third kappa shape index (κ3) is 6.08. The summed E-state index contributed by atoms with van der Waals surface area (Å²) in [6.45, 7) is 7.31. The van der Waals surface area contributed by atoms with E-state index in [1.54, 1.807) is 20.8 Å². The van der Waals surface area contributed by atoms with Crippen LogP contribution in [0.4, 0.5) is 4.79 Å². The predicted molar refractivity (Wildman–Crippen MR) is 84.5 cm³/mol. The van der Waals surface area contributed by atoms with Crippen LogP contribution in [-0.4, -0.2) is 35.7 Å². The fraction of sp³-hybridized carbons (Fsp3) is 0.812. The third-order valence-corrected chi connectivity index (χ3v) is 3.70. The van der Waals surface area contributed by atoms with Crippen LogP contribution in [0.15, 0.2) is 0 Å². The van der Waals surface area contributed by atoms with Gasteiger partial charge in [-0.3, -0.25) is 9.59 Å². The monoisotopic (exact) mass is 328 g/mol. The van der Waals surface area contributed by atoms with Crippen LogP contribution in [0.25, 0.3) is 0 Å². The van der Waals surface area contributed by atoms with Crippen molar-refractivity contribution in [3.8, 4) is 0 Å². The number of nitrogens with two attached hydrogens (primary N) is 1. The lowest BCUT2D eigenvalue weighted by Gasteiger charge is -2.22. The van der Waals surface area contributed by atoms with Gasteiger partial charge in [0.15, 0.2) is 0 Å². The highest BCUT2D eigenvalue weighted by Crippen LogP contribution is 2.43. The number of unbranched alkanes of at least 4 members (excludes halogenated alkanes) is 2. The summed E-state index contributed by atoms with van der Waals surface area (Å²) in [5, 5.41) is 2.52. The van der Waals surface area contributed by atoms with E-state index in [1.165, 1.54) is 0 Å². The lowest BCUT2D eigenvalue weighted by atomic mass is 10.2. The Kier molecular flexibility index (Phi) is 6.41. The van der Waals surface area contributed by atoms with E-state index in [2.05, 4.69) is 12.2 Å². The molecule has 0 unspecified atom stereocenters. The second-order valence-corrected chi connectivity index (χ2v) is 7.00. The summed E-state index contributed by atoms with van der Waals surface area (Å²) in [4.78, 5) is 35.1. The van der Waals surface area contributed by atoms with Gasteiger partial charge in [0.05, 0.1) is 6.61 Å². The van der Waals surface area contributed by atoms with Crippen LogP contribution in [0, 0.1) is 5.92 Å². The van der Waals surface area contributed by atoms with Crippen molar-refractivity contribution in [1.29, 1.82) is 0 Å². The van der Waals surface area contributed by atoms with Gasteiger partial charge in [-0.1, -0.05) is 19.8 Å². The summed E-state index contributed by atoms with van der Waals surface area (Å²) < 4.78 is 10.3. The van der Waals surface area contributed by atoms with Crippen LogP contribution in [0.3, 0.4) is 0 Å². The van der Waals surface area contributed by atoms with Gasteiger partial charge in [0.25, 0.3) is 0 Å². The third-order valence-electron chi connectivity index (χ3n) is 3.70. The lowest BCUT2D eigenvalue weighted by Crippen LogP contribution is -2.50. The number of carbonyl (C=O) groups is 3. The number of esters is 1. The molecule has 0 bridgehead atoms. The van der Waals surface area contributed by atoms with Crippen molar-refractivity contribution < 1.29 is 23.9 Å². The standard InChI is InChI=1S/C16H28N2O5/c1-5-6-7-8-12(19)22-10-11-9-16(11,13(17)20)18-14(21)23-15(2,3)4/h11H,5-10H2,1-4H3,(H2,17,20)(H,18,21)/t11-,16+/m1/s1. The molecule has 0 radical (unpaired) electrons. The van der Waals surface area contributed by atoms with Crippen molar-refractivity contribution in [2.45, 2.75) is 70.9 Å². The van der Waals surface area contributed by atoms with Crippen LogP contribution in [0.2, 0.25) is 0 Å². The molecule has 7 heteroatoms. The summed E-state index contributed by atoms with van der Waals surface area (Å²) in [7, 11) is 0. The normalized spacial score (nSPS) is 23.0. The van der Waals surface area contributed by atoms with E-state index in [9.17, 15) is 14.4 Å². The number of alkyl carbamates (subject to hydrolysis) is 1. The second-order valence-electron chi connectivity index (χ2n) is 7.00. The van der Waals surface area contributed by atoms with E-state index in [0.29, 0.717) is 12.8 Å². The van der Waals surface area contributed by atoms with Gasteiger partial charge in [-0.15, -0.1) is 0 Å². The van der Waals surface area contributed by atoms with Crippen molar-refractivity contribution in [2.24, 2.45) is 11.7 Å². The Hall–Kier alpha value is -1.79. The Morgan fingerprint density at radius 2 is 1.91 bits per heavy atom. The highest BCUT2D eigenvalue weighted by molar-refractivity contribution is 5.92. The molecule has 1 fully saturated rings. The lowest BCUT2D eigenvalue weighted by molar-refractivity contribution is -0.144. The molecular weight excluding hydrogens is 300 g/mol. The topological polar surface area (TPSA) is 108 Å². The molecule has 1 aliphatic carbocycles. The first-order valence-electron chi connectivity index (χ1n) is 8.07. The average molecular weight is 328 g/mol. The zero-order valence-electron chi connectivity index (χ0n) is 14.4. The largest absolute Gasteiger partial charge is 0.465 e. The minimum absolute atomic E-state index is 0.0731. The number of amides is 2. The van der Waals surface area contributed by atoms with Crippen molar-refractivity contribution >= 4 is 18.0 Å². The first-order valence-corrected chi connectivity index (χ1v) is 8.07. The first-order chi connectivity index (χ1) is 10.6. The number of carbonyl (C=O) groups excluding carboxylic acids is 3. The summed E-state index contributed by atoms with van der Waals surface area (Å²) >= 11 is 0. The molecule has 0 aromatic carbocycles. The van der Waals surface area contributed by atoms with E-state index >= 15 is 0 Å². The summed E-state index contributed by atoms with van der Waals surface area (Å²) in [6, 6.07) is 0. The first kappa shape index (κ1) is 19.3. The zero-order valence-corrected chi connectivity index (χ0v) is 14.4. The summed E-state index contributed by atoms with van der Waals surface area (Å²) in [6.07, 6.45) is 2.81. The van der Waals surface area contributed by atoms with Crippen LogP contribution in [0.1, 0.15) is 59.8 Å². The van der Waals surface area contributed by atoms with Crippen molar-refractivity contribution in [3.63, 3.8) is 0 Å². The number of rotatable bonds is 8. The van der Waals surface area contributed by atoms with Gasteiger partial charge in [-0.25, -0.2) is 4.79 Å². The molecule has 2 atom stereocenters. The molecule has 0 spiro atoms. The van der Waals surface area contributed by atoms with Crippen LogP contribution < -0.4 is 11.1 Å². The predicted octanol–water partition coefficient (Wildman–Crippen LogP) is 1.88. The van der Waals surface area contributed by atoms with Gasteiger partial charge >= 0.3 is 12.1 Å². The number of hydrogen-bond donors (Lipinski definition) is 2. The van der Waals surface area contributed by atoms with E-state index in [4.69, 9.17) is 15.2 Å². The molecule has 0 saturated heterocycles. The highest BCUT2D eigenvalue weighted by Gasteiger charge is 2.61. The summed E-state index contributed by atoms with van der Waals surface area (Å²) in [5.74, 6) is -1.24. The van der Waals surface area contributed by atoms with Crippen LogP contribution in [0.5, 0.6) is 0 Å². The van der Waals surface area contributed by atoms with E-state index in [0.717, 1.165) is 19.3 Å². The molecule has 1 rings (SSSR count). The molecule has 132 valence electrons. The number of nitrogens with one attached hydrogen (secondary N) is 1. The van der Waals surface area contributed by atoms with Gasteiger partial charge in [-0.2, -0.15) is 0 Å². The molecule has 0 heterocycles. The highest BCUT2D eigenvalue weighted by atomic mass is 16.6. The van der Waals surface area contributed by atoms with Gasteiger partial charge in [0.1, 0.15) is 11.1 Å². The fourth-order valence-corrected chi connectivity index (χ4v) is 2.32. The minimum Gasteiger partial charge on any atom is -0.465 e. The molecular formula is C16H28N2O5. The molecule has 1 saturated carbocycles. The van der Waals surface area contributed by atoms with Gasteiger partial charge in [0, 0.05) is 12.3 Å². The Morgan fingerprint density at radius 3 is 2.43 bits per heavy atom. The van der Waals surface area contributed by atoms with Crippen LogP contribution in [-0.2, 0) is 19.1 Å². The van der Waals surface area contributed by atoms with E-state index < -0.39 is 23.1 Å². The number of hydrogen-bond acceptors (Lipinski definition) is 5. The molecule has 23 heavy (non-hydrogen) atoms. The smallest absolute Gasteiger partial charge is 0.408 e. The Morgan fingerprint density at radius 1 is 1.26 bits per heavy atom. The molecule has 2 amide bonds. The van der Waals surface area contributed by atoms with Gasteiger partial charge < -0.3 is 20.5 Å². The summed E-state index contributed by atoms with van der Waals surface area (Å²) in [5.41, 5.74) is 3.55. The number of primary amides is 1. The number of ether oxygens (including phenoxy) is 2. The van der Waals surface area contributed by atoms with Crippen LogP contribution >= 0.6 is 0 Å². The maximum absolute atomic E-state index is 11.8. The Balaban J connectivity index is 2.45. The minimum atomic E-state index is -1.17. The Labute approximate surface area is 137 Å². The van der Waals surface area contributed by atoms with Crippen molar-refractivity contribution in [3.05, 3.63) is 0 Å². The molecule has 0 aliphatic heterocycles. The SMILES string of the molecule is CCCCCC(=O)OC[C@H]1C[C@@]1(NC(=O)OC(C)(C)C)C(N)=O. The zero-order chi connectivity index (χ0) is 17.7. The quantitative estimate of drug-likeness (QED) is 0.522. The average Bonchev–Trinajstić information content (AvgIpc) is 3.09. The molecule has 7 nitrogen and oxygen atoms in total. The van der Waals surface area contributed by atoms with Crippen molar-refractivity contribution in [2.75, 3.05) is 6.61 Å². The molecule has 0 aromatic rings. The maximum Gasteiger partial charge on any atom is 0.408 e. The van der Waals surface area contributed by atoms with Gasteiger partial charge in [-0.05, 0) is 33.6 Å². The maximum atomic E-state index is 11.8. The molecule has 3 N–H and O–H groups in total. The molecule has 0 aromatic heterocycles. The second kappa shape index (κ2) is 7.66. The van der Waals surface area contributed by atoms with E-state index in [1.807, 2.05) is 0 Å². The molecule has 1 aliphatic rings. The van der Waals surface area contributed by atoms with E-state index in [-0.39, 0.29) is 18.5 Å². The fourth-order valence-electron chi connectivity index (χ4n) is 2.32. The Bertz CT molecular complexity index is 458.